The van der Waals surface area contributed by atoms with Gasteiger partial charge in [-0.15, -0.1) is 0 Å². The number of amides is 2. The lowest BCUT2D eigenvalue weighted by atomic mass is 10.0. The highest BCUT2D eigenvalue weighted by atomic mass is 16.8. The van der Waals surface area contributed by atoms with E-state index < -0.39 is 23.8 Å². The highest BCUT2D eigenvalue weighted by Crippen LogP contribution is 2.44. The summed E-state index contributed by atoms with van der Waals surface area (Å²) in [5.41, 5.74) is 4.28. The molecule has 0 saturated carbocycles. The van der Waals surface area contributed by atoms with Gasteiger partial charge in [0, 0.05) is 50.4 Å². The Hall–Kier alpha value is -4.42. The zero-order chi connectivity index (χ0) is 36.8. The molecule has 2 N–H and O–H groups in total. The molecule has 4 aliphatic heterocycles. The smallest absolute Gasteiger partial charge is 0.252 e. The summed E-state index contributed by atoms with van der Waals surface area (Å²) in [7, 11) is 0. The first-order valence-corrected chi connectivity index (χ1v) is 19.4. The van der Waals surface area contributed by atoms with Gasteiger partial charge in [0.15, 0.2) is 12.2 Å². The predicted octanol–water partition coefficient (Wildman–Crippen LogP) is 5.08. The van der Waals surface area contributed by atoms with Crippen LogP contribution in [0.4, 0.5) is 0 Å². The van der Waals surface area contributed by atoms with Gasteiger partial charge in [0.2, 0.25) is 11.6 Å². The first kappa shape index (κ1) is 36.6. The predicted molar refractivity (Wildman–Crippen MR) is 204 cm³/mol. The average molecular weight is 731 g/mol. The Morgan fingerprint density at radius 1 is 0.519 bits per heavy atom. The van der Waals surface area contributed by atoms with Crippen molar-refractivity contribution in [2.75, 3.05) is 39.3 Å². The molecule has 4 aliphatic rings. The lowest BCUT2D eigenvalue weighted by Gasteiger charge is -2.38. The van der Waals surface area contributed by atoms with Crippen molar-refractivity contribution >= 4 is 11.8 Å². The number of hydrogen-bond acceptors (Lipinski definition) is 8. The Labute approximate surface area is 317 Å². The molecule has 2 amide bonds. The zero-order valence-corrected chi connectivity index (χ0v) is 30.7. The third-order valence-corrected chi connectivity index (χ3v) is 10.9. The van der Waals surface area contributed by atoms with E-state index in [0.717, 1.165) is 49.9 Å². The number of nitrogens with one attached hydrogen (secondary N) is 2. The quantitative estimate of drug-likeness (QED) is 0.164. The van der Waals surface area contributed by atoms with Crippen molar-refractivity contribution in [1.82, 2.24) is 20.4 Å². The molecule has 4 aromatic rings. The van der Waals surface area contributed by atoms with Gasteiger partial charge in [0.05, 0.1) is 13.1 Å². The normalized spacial score (nSPS) is 27.8. The monoisotopic (exact) mass is 730 g/mol. The fraction of sp³-hybridized carbons (Fsp3) is 0.409. The van der Waals surface area contributed by atoms with Crippen LogP contribution in [0.3, 0.4) is 0 Å². The molecule has 4 bridgehead atoms. The minimum atomic E-state index is -0.983. The number of ether oxygens (including phenoxy) is 4. The van der Waals surface area contributed by atoms with Gasteiger partial charge in [-0.05, 0) is 24.0 Å². The molecule has 6 unspecified atom stereocenters. The van der Waals surface area contributed by atoms with E-state index in [0.29, 0.717) is 39.3 Å². The third-order valence-electron chi connectivity index (χ3n) is 10.9. The maximum absolute atomic E-state index is 13.5. The molecule has 0 aromatic heterocycles. The van der Waals surface area contributed by atoms with Crippen molar-refractivity contribution in [3.05, 3.63) is 144 Å². The molecule has 0 aliphatic carbocycles. The largest absolute Gasteiger partial charge is 0.354 e. The van der Waals surface area contributed by atoms with E-state index in [9.17, 15) is 9.59 Å². The van der Waals surface area contributed by atoms with Crippen LogP contribution in [0.15, 0.2) is 121 Å². The third kappa shape index (κ3) is 8.15. The molecule has 4 saturated heterocycles. The van der Waals surface area contributed by atoms with E-state index in [1.165, 1.54) is 11.1 Å². The highest BCUT2D eigenvalue weighted by Gasteiger charge is 2.57. The van der Waals surface area contributed by atoms with Crippen LogP contribution >= 0.6 is 0 Å². The van der Waals surface area contributed by atoms with Crippen molar-refractivity contribution in [3.63, 3.8) is 0 Å². The molecule has 282 valence electrons. The second-order valence-electron chi connectivity index (χ2n) is 14.9. The number of carbonyl (C=O) groups excluding carboxylic acids is 2. The molecule has 4 aromatic carbocycles. The van der Waals surface area contributed by atoms with Crippen molar-refractivity contribution in [2.45, 2.75) is 74.8 Å². The number of unbranched alkanes of at least 4 members (excludes halogenated alkanes) is 3. The van der Waals surface area contributed by atoms with Gasteiger partial charge < -0.3 is 29.6 Å². The van der Waals surface area contributed by atoms with Crippen LogP contribution in [-0.4, -0.2) is 85.3 Å². The Morgan fingerprint density at radius 3 is 1.28 bits per heavy atom. The molecule has 8 rings (SSSR count). The highest BCUT2D eigenvalue weighted by molar-refractivity contribution is 5.82. The molecule has 4 heterocycles. The molecular formula is C44H50N4O6. The fourth-order valence-electron chi connectivity index (χ4n) is 8.31. The average Bonchev–Trinajstić information content (AvgIpc) is 3.66. The number of morpholine rings is 2. The molecule has 0 spiro atoms. The Bertz CT molecular complexity index is 1700. The maximum atomic E-state index is 13.5. The van der Waals surface area contributed by atoms with Crippen LogP contribution in [0.1, 0.15) is 47.9 Å². The molecular weight excluding hydrogens is 681 g/mol. The number of benzene rings is 4. The van der Waals surface area contributed by atoms with Crippen molar-refractivity contribution in [1.29, 1.82) is 0 Å². The first-order valence-electron chi connectivity index (χ1n) is 19.4. The minimum Gasteiger partial charge on any atom is -0.354 e. The second-order valence-corrected chi connectivity index (χ2v) is 14.9. The maximum Gasteiger partial charge on any atom is 0.252 e. The van der Waals surface area contributed by atoms with Crippen LogP contribution in [0.25, 0.3) is 0 Å². The Balaban J connectivity index is 0.782. The molecule has 4 fully saturated rings. The lowest BCUT2D eigenvalue weighted by Crippen LogP contribution is -2.50. The summed E-state index contributed by atoms with van der Waals surface area (Å²) in [6.45, 7) is 4.96. The standard InChI is InChI=1S/C44H50N4O6/c49-41(39-37-29-47(27-33-17-7-3-8-18-33)31-43(51-37,53-39)35-21-11-5-12-22-35)45-25-15-1-2-16-26-46-42(50)40-38-30-48(28-34-19-9-4-10-20-34)32-44(52-38,54-40)36-23-13-6-14-24-36/h3-14,17-24,37-40H,1-2,15-16,25-32H2,(H,45,49)(H,46,50). The van der Waals surface area contributed by atoms with Crippen LogP contribution in [-0.2, 0) is 53.2 Å². The van der Waals surface area contributed by atoms with E-state index in [2.05, 4.69) is 44.7 Å². The van der Waals surface area contributed by atoms with Gasteiger partial charge in [-0.25, -0.2) is 0 Å². The van der Waals surface area contributed by atoms with E-state index in [-0.39, 0.29) is 24.0 Å². The SMILES string of the molecule is O=C(NCCCCCCNC(=O)C1OC2(c3ccccc3)CN(Cc3ccccc3)CC1O2)C1OC2(c3ccccc3)CN(Cc3ccccc3)CC1O2. The van der Waals surface area contributed by atoms with E-state index in [1.54, 1.807) is 0 Å². The topological polar surface area (TPSA) is 102 Å². The van der Waals surface area contributed by atoms with Gasteiger partial charge in [-0.3, -0.25) is 19.4 Å². The van der Waals surface area contributed by atoms with E-state index in [1.807, 2.05) is 97.1 Å². The van der Waals surface area contributed by atoms with Gasteiger partial charge in [-0.2, -0.15) is 0 Å². The minimum absolute atomic E-state index is 0.133. The van der Waals surface area contributed by atoms with Crippen LogP contribution in [0.2, 0.25) is 0 Å². The van der Waals surface area contributed by atoms with Crippen LogP contribution < -0.4 is 10.6 Å². The molecule has 10 heteroatoms. The Kier molecular flexibility index (Phi) is 11.2. The van der Waals surface area contributed by atoms with Gasteiger partial charge in [0.1, 0.15) is 12.2 Å². The summed E-state index contributed by atoms with van der Waals surface area (Å²) in [4.78, 5) is 31.6. The fourth-order valence-corrected chi connectivity index (χ4v) is 8.31. The number of rotatable bonds is 15. The number of fused-ring (bicyclic) bond motifs is 4. The van der Waals surface area contributed by atoms with Crippen LogP contribution in [0, 0.1) is 0 Å². The van der Waals surface area contributed by atoms with Crippen molar-refractivity contribution in [3.8, 4) is 0 Å². The van der Waals surface area contributed by atoms with Crippen molar-refractivity contribution in [2.24, 2.45) is 0 Å². The van der Waals surface area contributed by atoms with E-state index in [4.69, 9.17) is 18.9 Å². The summed E-state index contributed by atoms with van der Waals surface area (Å²) in [6.07, 6.45) is 1.42. The Morgan fingerprint density at radius 2 is 0.889 bits per heavy atom. The van der Waals surface area contributed by atoms with Gasteiger partial charge in [-0.1, -0.05) is 134 Å². The van der Waals surface area contributed by atoms with Crippen molar-refractivity contribution < 1.29 is 28.5 Å². The van der Waals surface area contributed by atoms with Gasteiger partial charge in [0.25, 0.3) is 11.8 Å². The second kappa shape index (κ2) is 16.5. The lowest BCUT2D eigenvalue weighted by molar-refractivity contribution is -0.218. The number of carbonyl (C=O) groups is 2. The zero-order valence-electron chi connectivity index (χ0n) is 30.7. The molecule has 54 heavy (non-hydrogen) atoms. The summed E-state index contributed by atoms with van der Waals surface area (Å²) in [5.74, 6) is -2.23. The summed E-state index contributed by atoms with van der Waals surface area (Å²) < 4.78 is 26.0. The summed E-state index contributed by atoms with van der Waals surface area (Å²) in [6, 6.07) is 40.6. The summed E-state index contributed by atoms with van der Waals surface area (Å²) >= 11 is 0. The molecule has 0 radical (unpaired) electrons. The number of nitrogens with zero attached hydrogens (tertiary/aromatic N) is 2. The van der Waals surface area contributed by atoms with Crippen LogP contribution in [0.5, 0.6) is 0 Å². The molecule has 10 nitrogen and oxygen atoms in total. The number of hydrogen-bond donors (Lipinski definition) is 2. The molecule has 6 atom stereocenters. The first-order chi connectivity index (χ1) is 26.5. The summed E-state index contributed by atoms with van der Waals surface area (Å²) in [5, 5.41) is 6.21. The van der Waals surface area contributed by atoms with E-state index >= 15 is 0 Å². The van der Waals surface area contributed by atoms with Gasteiger partial charge >= 0.3 is 0 Å².